The van der Waals surface area contributed by atoms with E-state index in [9.17, 15) is 9.18 Å². The second-order valence-electron chi connectivity index (χ2n) is 10.2. The molecular formula is C30H34BrFN2O2. The minimum Gasteiger partial charge on any atom is -1.00 e. The predicted molar refractivity (Wildman–Crippen MR) is 137 cm³/mol. The number of nitrogens with zero attached hydrogens (tertiary/aromatic N) is 2. The number of anilines is 1. The molecule has 3 aromatic carbocycles. The Morgan fingerprint density at radius 3 is 2.33 bits per heavy atom. The van der Waals surface area contributed by atoms with Crippen molar-refractivity contribution in [3.63, 3.8) is 0 Å². The molecule has 0 aliphatic carbocycles. The summed E-state index contributed by atoms with van der Waals surface area (Å²) < 4.78 is 20.7. The molecule has 190 valence electrons. The average Bonchev–Trinajstić information content (AvgIpc) is 2.89. The van der Waals surface area contributed by atoms with Gasteiger partial charge in [0.25, 0.3) is 0 Å². The Balaban J connectivity index is 0.00000304. The van der Waals surface area contributed by atoms with E-state index >= 15 is 0 Å². The number of amides is 1. The third-order valence-electron chi connectivity index (χ3n) is 7.95. The first-order valence-corrected chi connectivity index (χ1v) is 12.7. The Labute approximate surface area is 224 Å². The zero-order chi connectivity index (χ0) is 24.3. The maximum atomic E-state index is 13.5. The average molecular weight is 554 g/mol. The quantitative estimate of drug-likeness (QED) is 0.421. The van der Waals surface area contributed by atoms with Crippen LogP contribution in [0.15, 0.2) is 78.9 Å². The summed E-state index contributed by atoms with van der Waals surface area (Å²) in [6.45, 7) is 6.84. The van der Waals surface area contributed by atoms with Gasteiger partial charge in [0.1, 0.15) is 12.4 Å². The van der Waals surface area contributed by atoms with Gasteiger partial charge >= 0.3 is 6.09 Å². The van der Waals surface area contributed by atoms with Crippen molar-refractivity contribution in [2.75, 3.05) is 31.1 Å². The SMILES string of the molecule is Cc1ccccc1CC[N+]12CCC(CC1)[C@@H](OC(=O)N(Cc1ccc(F)cc1)c1ccccc1)C2.[Br-]. The Bertz CT molecular complexity index is 1150. The summed E-state index contributed by atoms with van der Waals surface area (Å²) >= 11 is 0. The van der Waals surface area contributed by atoms with Gasteiger partial charge in [0.05, 0.1) is 26.2 Å². The van der Waals surface area contributed by atoms with Crippen LogP contribution in [-0.2, 0) is 17.7 Å². The molecule has 0 spiro atoms. The molecule has 0 aromatic heterocycles. The highest BCUT2D eigenvalue weighted by atomic mass is 79.9. The second kappa shape index (κ2) is 11.6. The second-order valence-corrected chi connectivity index (χ2v) is 10.2. The van der Waals surface area contributed by atoms with E-state index in [0.717, 1.165) is 48.1 Å². The summed E-state index contributed by atoms with van der Waals surface area (Å²) in [5.74, 6) is 0.149. The van der Waals surface area contributed by atoms with Crippen molar-refractivity contribution < 1.29 is 35.4 Å². The Kier molecular flexibility index (Phi) is 8.47. The van der Waals surface area contributed by atoms with Crippen LogP contribution >= 0.6 is 0 Å². The molecule has 0 saturated carbocycles. The van der Waals surface area contributed by atoms with Crippen molar-refractivity contribution in [2.45, 2.75) is 38.8 Å². The van der Waals surface area contributed by atoms with Gasteiger partial charge in [-0.05, 0) is 47.9 Å². The number of hydrogen-bond acceptors (Lipinski definition) is 2. The Morgan fingerprint density at radius 1 is 0.972 bits per heavy atom. The van der Waals surface area contributed by atoms with Gasteiger partial charge in [-0.25, -0.2) is 9.18 Å². The van der Waals surface area contributed by atoms with Gasteiger partial charge in [-0.15, -0.1) is 0 Å². The summed E-state index contributed by atoms with van der Waals surface area (Å²) in [5, 5.41) is 0. The van der Waals surface area contributed by atoms with Crippen LogP contribution in [0.3, 0.4) is 0 Å². The lowest BCUT2D eigenvalue weighted by Crippen LogP contribution is -3.00. The molecule has 3 aliphatic rings. The molecule has 4 nitrogen and oxygen atoms in total. The van der Waals surface area contributed by atoms with E-state index in [2.05, 4.69) is 31.2 Å². The molecule has 0 unspecified atom stereocenters. The first-order chi connectivity index (χ1) is 17.0. The molecule has 3 aliphatic heterocycles. The lowest BCUT2D eigenvalue weighted by Gasteiger charge is -2.52. The molecule has 3 aromatic rings. The molecule has 0 radical (unpaired) electrons. The van der Waals surface area contributed by atoms with Crippen LogP contribution in [0.25, 0.3) is 0 Å². The van der Waals surface area contributed by atoms with Crippen molar-refractivity contribution in [1.82, 2.24) is 0 Å². The van der Waals surface area contributed by atoms with Crippen LogP contribution in [0, 0.1) is 18.7 Å². The molecule has 3 heterocycles. The molecule has 1 atom stereocenters. The first kappa shape index (κ1) is 26.4. The zero-order valence-electron chi connectivity index (χ0n) is 20.8. The molecule has 3 saturated heterocycles. The fraction of sp³-hybridized carbons (Fsp3) is 0.367. The van der Waals surface area contributed by atoms with Crippen LogP contribution in [0.5, 0.6) is 0 Å². The number of aryl methyl sites for hydroxylation is 1. The first-order valence-electron chi connectivity index (χ1n) is 12.7. The van der Waals surface area contributed by atoms with Crippen LogP contribution in [0.4, 0.5) is 14.9 Å². The number of para-hydroxylation sites is 1. The van der Waals surface area contributed by atoms with Gasteiger partial charge < -0.3 is 26.2 Å². The van der Waals surface area contributed by atoms with Gasteiger partial charge in [0.2, 0.25) is 0 Å². The summed E-state index contributed by atoms with van der Waals surface area (Å²) in [5.41, 5.74) is 4.41. The summed E-state index contributed by atoms with van der Waals surface area (Å²) in [7, 11) is 0. The van der Waals surface area contributed by atoms with Crippen molar-refractivity contribution in [3.8, 4) is 0 Å². The van der Waals surface area contributed by atoms with Gasteiger partial charge in [-0.2, -0.15) is 0 Å². The van der Waals surface area contributed by atoms with Crippen molar-refractivity contribution in [1.29, 1.82) is 0 Å². The number of ether oxygens (including phenoxy) is 1. The zero-order valence-corrected chi connectivity index (χ0v) is 22.4. The van der Waals surface area contributed by atoms with Gasteiger partial charge in [-0.1, -0.05) is 54.6 Å². The molecule has 6 heteroatoms. The van der Waals surface area contributed by atoms with E-state index in [4.69, 9.17) is 4.74 Å². The van der Waals surface area contributed by atoms with E-state index < -0.39 is 0 Å². The van der Waals surface area contributed by atoms with E-state index in [0.29, 0.717) is 12.5 Å². The third-order valence-corrected chi connectivity index (χ3v) is 7.95. The number of quaternary nitrogens is 1. The van der Waals surface area contributed by atoms with Gasteiger partial charge in [0.15, 0.2) is 6.10 Å². The van der Waals surface area contributed by atoms with E-state index in [1.54, 1.807) is 17.0 Å². The molecule has 0 N–H and O–H groups in total. The fourth-order valence-corrected chi connectivity index (χ4v) is 5.75. The number of carbonyl (C=O) groups excluding carboxylic acids is 1. The van der Waals surface area contributed by atoms with Crippen LogP contribution in [-0.4, -0.2) is 42.9 Å². The highest BCUT2D eigenvalue weighted by Crippen LogP contribution is 2.36. The lowest BCUT2D eigenvalue weighted by atomic mass is 9.83. The smallest absolute Gasteiger partial charge is 0.415 e. The topological polar surface area (TPSA) is 29.5 Å². The maximum absolute atomic E-state index is 13.5. The molecule has 3 fully saturated rings. The number of hydrogen-bond donors (Lipinski definition) is 0. The Morgan fingerprint density at radius 2 is 1.64 bits per heavy atom. The summed E-state index contributed by atoms with van der Waals surface area (Å²) in [6, 6.07) is 24.5. The number of halogens is 2. The maximum Gasteiger partial charge on any atom is 0.415 e. The fourth-order valence-electron chi connectivity index (χ4n) is 5.75. The number of piperidine rings is 3. The molecule has 2 bridgehead atoms. The highest BCUT2D eigenvalue weighted by Gasteiger charge is 2.47. The van der Waals surface area contributed by atoms with Crippen molar-refractivity contribution in [2.24, 2.45) is 5.92 Å². The van der Waals surface area contributed by atoms with E-state index in [-0.39, 0.29) is 35.0 Å². The largest absolute Gasteiger partial charge is 1.00 e. The molecule has 36 heavy (non-hydrogen) atoms. The van der Waals surface area contributed by atoms with Crippen molar-refractivity contribution in [3.05, 3.63) is 101 Å². The summed E-state index contributed by atoms with van der Waals surface area (Å²) in [4.78, 5) is 15.2. The van der Waals surface area contributed by atoms with Gasteiger partial charge in [0, 0.05) is 30.9 Å². The minimum absolute atomic E-state index is 0. The van der Waals surface area contributed by atoms with E-state index in [1.165, 1.54) is 36.3 Å². The van der Waals surface area contributed by atoms with Crippen molar-refractivity contribution >= 4 is 11.8 Å². The lowest BCUT2D eigenvalue weighted by molar-refractivity contribution is -0.945. The van der Waals surface area contributed by atoms with Crippen LogP contribution in [0.2, 0.25) is 0 Å². The normalized spacial score (nSPS) is 22.5. The summed E-state index contributed by atoms with van der Waals surface area (Å²) in [6.07, 6.45) is 2.88. The Hall–Kier alpha value is -2.70. The number of carbonyl (C=O) groups is 1. The van der Waals surface area contributed by atoms with Crippen LogP contribution in [0.1, 0.15) is 29.5 Å². The molecular weight excluding hydrogens is 519 g/mol. The number of rotatable bonds is 7. The molecule has 6 rings (SSSR count). The number of benzene rings is 3. The third kappa shape index (κ3) is 5.98. The number of fused-ring (bicyclic) bond motifs is 3. The monoisotopic (exact) mass is 552 g/mol. The standard InChI is InChI=1S/C30H34FN2O2.BrH/c1-23-7-5-6-8-25(23)15-18-33-19-16-26(17-20-33)29(22-33)35-30(34)32(28-9-3-2-4-10-28)21-24-11-13-27(31)14-12-24;/h2-14,26,29H,15-22H2,1H3;1H/q+1;/p-1/t26?,29-,33?;/m0./s1. The van der Waals surface area contributed by atoms with Crippen LogP contribution < -0.4 is 21.9 Å². The highest BCUT2D eigenvalue weighted by molar-refractivity contribution is 5.87. The molecule has 1 amide bonds. The van der Waals surface area contributed by atoms with E-state index in [1.807, 2.05) is 30.3 Å². The van der Waals surface area contributed by atoms with Gasteiger partial charge in [-0.3, -0.25) is 4.90 Å². The minimum atomic E-state index is -0.323. The predicted octanol–water partition coefficient (Wildman–Crippen LogP) is 3.13.